The highest BCUT2D eigenvalue weighted by Gasteiger charge is 2.17. The summed E-state index contributed by atoms with van der Waals surface area (Å²) < 4.78 is 6.68. The summed E-state index contributed by atoms with van der Waals surface area (Å²) in [5.41, 5.74) is 3.32. The van der Waals surface area contributed by atoms with E-state index in [9.17, 15) is 4.79 Å². The van der Waals surface area contributed by atoms with Crippen LogP contribution in [-0.2, 0) is 13.5 Å². The van der Waals surface area contributed by atoms with E-state index < -0.39 is 0 Å². The number of ketones is 1. The van der Waals surface area contributed by atoms with Gasteiger partial charge in [-0.2, -0.15) is 5.10 Å². The monoisotopic (exact) mass is 218 g/mol. The van der Waals surface area contributed by atoms with E-state index in [1.54, 1.807) is 23.3 Å². The van der Waals surface area contributed by atoms with Crippen LogP contribution in [0, 0.1) is 13.8 Å². The minimum absolute atomic E-state index is 0.0875. The Hall–Kier alpha value is -1.84. The van der Waals surface area contributed by atoms with Crippen molar-refractivity contribution in [3.8, 4) is 0 Å². The Bertz CT molecular complexity index is 509. The van der Waals surface area contributed by atoms with Gasteiger partial charge in [0, 0.05) is 19.2 Å². The number of rotatable bonds is 3. The second-order valence-corrected chi connectivity index (χ2v) is 3.90. The molecule has 0 aliphatic rings. The molecule has 0 bridgehead atoms. The number of aromatic nitrogens is 2. The summed E-state index contributed by atoms with van der Waals surface area (Å²) in [5, 5.41) is 4.23. The van der Waals surface area contributed by atoms with Crippen molar-refractivity contribution >= 4 is 5.78 Å². The third-order valence-corrected chi connectivity index (χ3v) is 2.73. The third-order valence-electron chi connectivity index (χ3n) is 2.73. The number of carbonyl (C=O) groups excluding carboxylic acids is 1. The van der Waals surface area contributed by atoms with E-state index in [0.29, 0.717) is 6.42 Å². The van der Waals surface area contributed by atoms with Gasteiger partial charge in [-0.1, -0.05) is 0 Å². The van der Waals surface area contributed by atoms with Crippen molar-refractivity contribution in [3.05, 3.63) is 41.1 Å². The molecule has 0 radical (unpaired) electrons. The maximum Gasteiger partial charge on any atom is 0.171 e. The fourth-order valence-electron chi connectivity index (χ4n) is 1.84. The molecule has 2 heterocycles. The number of Topliss-reactive ketones (excluding diaryl/α,β-unsaturated/α-hetero) is 1. The molecule has 2 rings (SSSR count). The van der Waals surface area contributed by atoms with Gasteiger partial charge in [-0.15, -0.1) is 0 Å². The van der Waals surface area contributed by atoms with Crippen molar-refractivity contribution in [2.75, 3.05) is 0 Å². The van der Waals surface area contributed by atoms with E-state index in [-0.39, 0.29) is 5.78 Å². The lowest BCUT2D eigenvalue weighted by molar-refractivity contribution is 0.0991. The molecule has 2 aromatic heterocycles. The molecule has 0 fully saturated rings. The number of furan rings is 1. The number of hydrogen-bond donors (Lipinski definition) is 0. The van der Waals surface area contributed by atoms with Crippen molar-refractivity contribution < 1.29 is 9.21 Å². The number of carbonyl (C=O) groups is 1. The van der Waals surface area contributed by atoms with Crippen molar-refractivity contribution in [2.45, 2.75) is 20.3 Å². The maximum atomic E-state index is 12.1. The van der Waals surface area contributed by atoms with Gasteiger partial charge in [0.25, 0.3) is 0 Å². The lowest BCUT2D eigenvalue weighted by atomic mass is 10.0. The molecule has 0 spiro atoms. The molecule has 16 heavy (non-hydrogen) atoms. The lowest BCUT2D eigenvalue weighted by Gasteiger charge is -1.99. The van der Waals surface area contributed by atoms with Crippen molar-refractivity contribution in [1.82, 2.24) is 9.78 Å². The van der Waals surface area contributed by atoms with E-state index in [1.807, 2.05) is 20.9 Å². The van der Waals surface area contributed by atoms with Crippen molar-refractivity contribution in [1.29, 1.82) is 0 Å². The normalized spacial score (nSPS) is 10.7. The lowest BCUT2D eigenvalue weighted by Crippen LogP contribution is -2.06. The Morgan fingerprint density at radius 3 is 2.75 bits per heavy atom. The zero-order chi connectivity index (χ0) is 11.7. The van der Waals surface area contributed by atoms with Gasteiger partial charge in [-0.3, -0.25) is 9.48 Å². The highest BCUT2D eigenvalue weighted by molar-refractivity contribution is 5.99. The van der Waals surface area contributed by atoms with Crippen LogP contribution in [-0.4, -0.2) is 15.6 Å². The van der Waals surface area contributed by atoms with E-state index in [1.165, 1.54) is 0 Å². The molecule has 0 aliphatic carbocycles. The molecule has 0 amide bonds. The fraction of sp³-hybridized carbons (Fsp3) is 0.333. The Morgan fingerprint density at radius 1 is 1.50 bits per heavy atom. The van der Waals surface area contributed by atoms with E-state index >= 15 is 0 Å². The van der Waals surface area contributed by atoms with Gasteiger partial charge in [0.05, 0.1) is 23.8 Å². The third kappa shape index (κ3) is 1.78. The summed E-state index contributed by atoms with van der Waals surface area (Å²) in [4.78, 5) is 12.1. The summed E-state index contributed by atoms with van der Waals surface area (Å²) >= 11 is 0. The highest BCUT2D eigenvalue weighted by atomic mass is 16.3. The summed E-state index contributed by atoms with van der Waals surface area (Å²) in [7, 11) is 1.84. The topological polar surface area (TPSA) is 48.0 Å². The van der Waals surface area contributed by atoms with Gasteiger partial charge in [-0.05, 0) is 25.5 Å². The smallest absolute Gasteiger partial charge is 0.171 e. The molecule has 0 saturated heterocycles. The first kappa shape index (κ1) is 10.7. The Morgan fingerprint density at radius 2 is 2.25 bits per heavy atom. The number of hydrogen-bond acceptors (Lipinski definition) is 3. The first-order valence-electron chi connectivity index (χ1n) is 5.14. The second kappa shape index (κ2) is 3.96. The molecule has 2 aromatic rings. The van der Waals surface area contributed by atoms with Crippen LogP contribution >= 0.6 is 0 Å². The predicted octanol–water partition coefficient (Wildman–Crippen LogP) is 2.06. The van der Waals surface area contributed by atoms with Gasteiger partial charge in [0.2, 0.25) is 0 Å². The standard InChI is InChI=1S/C12H14N2O2/c1-8-12(9(2)14(3)13-8)11(15)6-10-4-5-16-7-10/h4-5,7H,6H2,1-3H3. The fourth-order valence-corrected chi connectivity index (χ4v) is 1.84. The molecule has 0 saturated carbocycles. The molecule has 0 N–H and O–H groups in total. The van der Waals surface area contributed by atoms with Crippen LogP contribution in [0.3, 0.4) is 0 Å². The number of aryl methyl sites for hydroxylation is 2. The molecule has 0 unspecified atom stereocenters. The van der Waals surface area contributed by atoms with Crippen LogP contribution < -0.4 is 0 Å². The molecular formula is C12H14N2O2. The van der Waals surface area contributed by atoms with Gasteiger partial charge < -0.3 is 4.42 Å². The molecule has 4 heteroatoms. The SMILES string of the molecule is Cc1nn(C)c(C)c1C(=O)Cc1ccoc1. The quantitative estimate of drug-likeness (QED) is 0.741. The zero-order valence-electron chi connectivity index (χ0n) is 9.65. The van der Waals surface area contributed by atoms with E-state index in [2.05, 4.69) is 5.10 Å². The highest BCUT2D eigenvalue weighted by Crippen LogP contribution is 2.15. The Kier molecular flexibility index (Phi) is 2.64. The minimum Gasteiger partial charge on any atom is -0.472 e. The molecule has 84 valence electrons. The molecule has 0 aromatic carbocycles. The summed E-state index contributed by atoms with van der Waals surface area (Å²) in [6, 6.07) is 1.80. The first-order chi connectivity index (χ1) is 7.59. The Balaban J connectivity index is 2.27. The van der Waals surface area contributed by atoms with Crippen LogP contribution in [0.15, 0.2) is 23.0 Å². The first-order valence-corrected chi connectivity index (χ1v) is 5.14. The molecule has 0 atom stereocenters. The van der Waals surface area contributed by atoms with Gasteiger partial charge in [0.1, 0.15) is 0 Å². The van der Waals surface area contributed by atoms with Crippen LogP contribution in [0.2, 0.25) is 0 Å². The van der Waals surface area contributed by atoms with Crippen LogP contribution in [0.4, 0.5) is 0 Å². The average molecular weight is 218 g/mol. The van der Waals surface area contributed by atoms with E-state index in [4.69, 9.17) is 4.42 Å². The summed E-state index contributed by atoms with van der Waals surface area (Å²) in [6.07, 6.45) is 3.54. The van der Waals surface area contributed by atoms with Gasteiger partial charge in [0.15, 0.2) is 5.78 Å². The summed E-state index contributed by atoms with van der Waals surface area (Å²) in [6.45, 7) is 3.76. The largest absolute Gasteiger partial charge is 0.472 e. The molecule has 0 aliphatic heterocycles. The van der Waals surface area contributed by atoms with Gasteiger partial charge in [-0.25, -0.2) is 0 Å². The van der Waals surface area contributed by atoms with E-state index in [0.717, 1.165) is 22.5 Å². The van der Waals surface area contributed by atoms with Crippen LogP contribution in [0.1, 0.15) is 27.3 Å². The maximum absolute atomic E-state index is 12.1. The predicted molar refractivity (Wildman–Crippen MR) is 59.4 cm³/mol. The van der Waals surface area contributed by atoms with Crippen molar-refractivity contribution in [2.24, 2.45) is 7.05 Å². The average Bonchev–Trinajstić information content (AvgIpc) is 2.77. The minimum atomic E-state index is 0.0875. The second-order valence-electron chi connectivity index (χ2n) is 3.90. The molecular weight excluding hydrogens is 204 g/mol. The summed E-state index contributed by atoms with van der Waals surface area (Å²) in [5.74, 6) is 0.0875. The van der Waals surface area contributed by atoms with Gasteiger partial charge >= 0.3 is 0 Å². The van der Waals surface area contributed by atoms with Crippen LogP contribution in [0.25, 0.3) is 0 Å². The van der Waals surface area contributed by atoms with Crippen LogP contribution in [0.5, 0.6) is 0 Å². The Labute approximate surface area is 93.9 Å². The van der Waals surface area contributed by atoms with Crippen molar-refractivity contribution in [3.63, 3.8) is 0 Å². The molecule has 4 nitrogen and oxygen atoms in total. The zero-order valence-corrected chi connectivity index (χ0v) is 9.65. The number of nitrogens with zero attached hydrogens (tertiary/aromatic N) is 2.